The fourth-order valence-corrected chi connectivity index (χ4v) is 2.12. The van der Waals surface area contributed by atoms with E-state index in [4.69, 9.17) is 0 Å². The summed E-state index contributed by atoms with van der Waals surface area (Å²) in [4.78, 5) is 6.82. The Morgan fingerprint density at radius 2 is 2.24 bits per heavy atom. The molecule has 0 aliphatic heterocycles. The standard InChI is InChI=1S/C14H23N3/c1-4-17(11(2)3)14-7-8-15-13(9-14)10-16-12-5-6-12/h7-9,11-12,16H,4-6,10H2,1-3H3. The number of rotatable bonds is 6. The second-order valence-corrected chi connectivity index (χ2v) is 5.04. The minimum absolute atomic E-state index is 0.534. The molecule has 0 atom stereocenters. The number of hydrogen-bond donors (Lipinski definition) is 1. The van der Waals surface area contributed by atoms with E-state index in [0.717, 1.165) is 24.8 Å². The molecule has 1 saturated carbocycles. The lowest BCUT2D eigenvalue weighted by Crippen LogP contribution is -2.30. The van der Waals surface area contributed by atoms with Gasteiger partial charge >= 0.3 is 0 Å². The Hall–Kier alpha value is -1.09. The molecule has 3 nitrogen and oxygen atoms in total. The summed E-state index contributed by atoms with van der Waals surface area (Å²) in [6.07, 6.45) is 4.57. The number of anilines is 1. The van der Waals surface area contributed by atoms with Gasteiger partial charge in [-0.15, -0.1) is 0 Å². The van der Waals surface area contributed by atoms with E-state index in [1.165, 1.54) is 18.5 Å². The minimum atomic E-state index is 0.534. The molecule has 3 heteroatoms. The second kappa shape index (κ2) is 5.50. The van der Waals surface area contributed by atoms with E-state index in [9.17, 15) is 0 Å². The lowest BCUT2D eigenvalue weighted by atomic mass is 10.2. The van der Waals surface area contributed by atoms with Crippen molar-refractivity contribution in [2.45, 2.75) is 52.2 Å². The molecule has 1 N–H and O–H groups in total. The van der Waals surface area contributed by atoms with Crippen LogP contribution in [-0.4, -0.2) is 23.6 Å². The van der Waals surface area contributed by atoms with Crippen molar-refractivity contribution in [1.82, 2.24) is 10.3 Å². The number of nitrogens with zero attached hydrogens (tertiary/aromatic N) is 2. The van der Waals surface area contributed by atoms with Crippen LogP contribution in [0.1, 0.15) is 39.3 Å². The highest BCUT2D eigenvalue weighted by Crippen LogP contribution is 2.20. The zero-order chi connectivity index (χ0) is 12.3. The molecule has 1 aromatic heterocycles. The molecule has 0 unspecified atom stereocenters. The summed E-state index contributed by atoms with van der Waals surface area (Å²) in [6, 6.07) is 5.59. The van der Waals surface area contributed by atoms with Crippen LogP contribution in [0.2, 0.25) is 0 Å². The smallest absolute Gasteiger partial charge is 0.0562 e. The van der Waals surface area contributed by atoms with Crippen LogP contribution in [0.5, 0.6) is 0 Å². The summed E-state index contributed by atoms with van der Waals surface area (Å²) in [5, 5.41) is 3.51. The number of nitrogens with one attached hydrogen (secondary N) is 1. The van der Waals surface area contributed by atoms with Crippen LogP contribution >= 0.6 is 0 Å². The molecule has 17 heavy (non-hydrogen) atoms. The van der Waals surface area contributed by atoms with Gasteiger partial charge in [0.15, 0.2) is 0 Å². The van der Waals surface area contributed by atoms with Gasteiger partial charge in [-0.2, -0.15) is 0 Å². The summed E-state index contributed by atoms with van der Waals surface area (Å²) >= 11 is 0. The molecule has 0 spiro atoms. The Bertz CT molecular complexity index is 358. The Morgan fingerprint density at radius 1 is 1.47 bits per heavy atom. The maximum Gasteiger partial charge on any atom is 0.0562 e. The minimum Gasteiger partial charge on any atom is -0.369 e. The van der Waals surface area contributed by atoms with E-state index in [1.54, 1.807) is 0 Å². The van der Waals surface area contributed by atoms with Crippen molar-refractivity contribution in [2.75, 3.05) is 11.4 Å². The average molecular weight is 233 g/mol. The Labute approximate surface area is 104 Å². The maximum absolute atomic E-state index is 4.43. The monoisotopic (exact) mass is 233 g/mol. The Kier molecular flexibility index (Phi) is 4.00. The van der Waals surface area contributed by atoms with Crippen LogP contribution in [-0.2, 0) is 6.54 Å². The van der Waals surface area contributed by atoms with Crippen molar-refractivity contribution in [3.63, 3.8) is 0 Å². The Morgan fingerprint density at radius 3 is 2.82 bits per heavy atom. The molecule has 2 rings (SSSR count). The maximum atomic E-state index is 4.43. The zero-order valence-corrected chi connectivity index (χ0v) is 11.1. The van der Waals surface area contributed by atoms with Gasteiger partial charge in [-0.3, -0.25) is 4.98 Å². The zero-order valence-electron chi connectivity index (χ0n) is 11.1. The van der Waals surface area contributed by atoms with Crippen LogP contribution in [0.25, 0.3) is 0 Å². The first-order valence-electron chi connectivity index (χ1n) is 6.65. The van der Waals surface area contributed by atoms with Gasteiger partial charge in [-0.25, -0.2) is 0 Å². The predicted molar refractivity (Wildman–Crippen MR) is 72.3 cm³/mol. The van der Waals surface area contributed by atoms with Crippen molar-refractivity contribution in [3.8, 4) is 0 Å². The van der Waals surface area contributed by atoms with E-state index < -0.39 is 0 Å². The Balaban J connectivity index is 2.03. The molecule has 1 aromatic rings. The van der Waals surface area contributed by atoms with Crippen LogP contribution in [0.15, 0.2) is 18.3 Å². The first kappa shape index (κ1) is 12.4. The summed E-state index contributed by atoms with van der Waals surface area (Å²) in [6.45, 7) is 8.59. The average Bonchev–Trinajstić information content (AvgIpc) is 3.11. The first-order valence-corrected chi connectivity index (χ1v) is 6.65. The van der Waals surface area contributed by atoms with Crippen molar-refractivity contribution in [1.29, 1.82) is 0 Å². The lowest BCUT2D eigenvalue weighted by Gasteiger charge is -2.27. The SMILES string of the molecule is CCN(c1ccnc(CNC2CC2)c1)C(C)C. The molecule has 1 aliphatic rings. The van der Waals surface area contributed by atoms with Gasteiger partial charge in [-0.1, -0.05) is 0 Å². The number of pyridine rings is 1. The molecule has 0 amide bonds. The van der Waals surface area contributed by atoms with Gasteiger partial charge in [-0.05, 0) is 45.7 Å². The lowest BCUT2D eigenvalue weighted by molar-refractivity contribution is 0.670. The summed E-state index contributed by atoms with van der Waals surface area (Å²) in [5.41, 5.74) is 2.43. The fourth-order valence-electron chi connectivity index (χ4n) is 2.12. The van der Waals surface area contributed by atoms with Gasteiger partial charge in [0.2, 0.25) is 0 Å². The molecule has 1 fully saturated rings. The van der Waals surface area contributed by atoms with E-state index in [1.807, 2.05) is 6.20 Å². The number of hydrogen-bond acceptors (Lipinski definition) is 3. The molecular weight excluding hydrogens is 210 g/mol. The predicted octanol–water partition coefficient (Wildman–Crippen LogP) is 2.57. The van der Waals surface area contributed by atoms with Crippen molar-refractivity contribution in [3.05, 3.63) is 24.0 Å². The van der Waals surface area contributed by atoms with Gasteiger partial charge in [0.25, 0.3) is 0 Å². The van der Waals surface area contributed by atoms with Crippen molar-refractivity contribution < 1.29 is 0 Å². The second-order valence-electron chi connectivity index (χ2n) is 5.04. The quantitative estimate of drug-likeness (QED) is 0.818. The van der Waals surface area contributed by atoms with Crippen LogP contribution in [0.3, 0.4) is 0 Å². The first-order chi connectivity index (χ1) is 8.20. The molecule has 0 radical (unpaired) electrons. The highest BCUT2D eigenvalue weighted by molar-refractivity contribution is 5.47. The third kappa shape index (κ3) is 3.43. The highest BCUT2D eigenvalue weighted by atomic mass is 15.1. The van der Waals surface area contributed by atoms with E-state index in [0.29, 0.717) is 6.04 Å². The molecule has 0 aromatic carbocycles. The third-order valence-electron chi connectivity index (χ3n) is 3.25. The van der Waals surface area contributed by atoms with Gasteiger partial charge in [0.05, 0.1) is 5.69 Å². The van der Waals surface area contributed by atoms with Crippen LogP contribution < -0.4 is 10.2 Å². The van der Waals surface area contributed by atoms with E-state index in [-0.39, 0.29) is 0 Å². The molecule has 1 heterocycles. The molecule has 0 saturated heterocycles. The fraction of sp³-hybridized carbons (Fsp3) is 0.643. The topological polar surface area (TPSA) is 28.2 Å². The molecule has 94 valence electrons. The summed E-state index contributed by atoms with van der Waals surface area (Å²) in [5.74, 6) is 0. The van der Waals surface area contributed by atoms with Gasteiger partial charge in [0.1, 0.15) is 0 Å². The summed E-state index contributed by atoms with van der Waals surface area (Å²) in [7, 11) is 0. The summed E-state index contributed by atoms with van der Waals surface area (Å²) < 4.78 is 0. The highest BCUT2D eigenvalue weighted by Gasteiger charge is 2.20. The van der Waals surface area contributed by atoms with Crippen LogP contribution in [0.4, 0.5) is 5.69 Å². The molecular formula is C14H23N3. The normalized spacial score (nSPS) is 15.3. The van der Waals surface area contributed by atoms with Crippen molar-refractivity contribution in [2.24, 2.45) is 0 Å². The number of aromatic nitrogens is 1. The van der Waals surface area contributed by atoms with Crippen molar-refractivity contribution >= 4 is 5.69 Å². The van der Waals surface area contributed by atoms with Gasteiger partial charge in [0, 0.05) is 37.1 Å². The largest absolute Gasteiger partial charge is 0.369 e. The van der Waals surface area contributed by atoms with E-state index >= 15 is 0 Å². The van der Waals surface area contributed by atoms with E-state index in [2.05, 4.69) is 48.1 Å². The molecule has 0 bridgehead atoms. The third-order valence-corrected chi connectivity index (χ3v) is 3.25. The van der Waals surface area contributed by atoms with Crippen LogP contribution in [0, 0.1) is 0 Å². The van der Waals surface area contributed by atoms with Gasteiger partial charge < -0.3 is 10.2 Å². The molecule has 1 aliphatic carbocycles.